The maximum absolute atomic E-state index is 11.9. The predicted molar refractivity (Wildman–Crippen MR) is 113 cm³/mol. The van der Waals surface area contributed by atoms with Gasteiger partial charge in [0.05, 0.1) is 22.5 Å². The second kappa shape index (κ2) is 7.19. The fraction of sp³-hybridized carbons (Fsp3) is 0.400. The molecular weight excluding hydrogens is 420 g/mol. The molecule has 0 saturated carbocycles. The van der Waals surface area contributed by atoms with Crippen molar-refractivity contribution < 1.29 is 18.3 Å². The van der Waals surface area contributed by atoms with Gasteiger partial charge in [-0.25, -0.2) is 27.9 Å². The smallest absolute Gasteiger partial charge is 0.407 e. The Kier molecular flexibility index (Phi) is 4.58. The van der Waals surface area contributed by atoms with Crippen LogP contribution in [0.3, 0.4) is 0 Å². The summed E-state index contributed by atoms with van der Waals surface area (Å²) in [6.45, 7) is 1.64. The molecule has 1 saturated heterocycles. The van der Waals surface area contributed by atoms with Gasteiger partial charge in [-0.15, -0.1) is 0 Å². The highest BCUT2D eigenvalue weighted by atomic mass is 32.2. The molecule has 162 valence electrons. The van der Waals surface area contributed by atoms with Gasteiger partial charge in [-0.1, -0.05) is 0 Å². The number of amides is 1. The third-order valence-corrected chi connectivity index (χ3v) is 7.19. The van der Waals surface area contributed by atoms with Gasteiger partial charge in [0.1, 0.15) is 12.1 Å². The van der Waals surface area contributed by atoms with E-state index in [9.17, 15) is 18.3 Å². The lowest BCUT2D eigenvalue weighted by Crippen LogP contribution is -2.38. The largest absolute Gasteiger partial charge is 0.465 e. The minimum Gasteiger partial charge on any atom is -0.465 e. The predicted octanol–water partition coefficient (Wildman–Crippen LogP) is 2.24. The summed E-state index contributed by atoms with van der Waals surface area (Å²) in [7, 11) is -3.26. The van der Waals surface area contributed by atoms with Gasteiger partial charge in [0.15, 0.2) is 15.5 Å². The highest BCUT2D eigenvalue weighted by molar-refractivity contribution is 7.90. The first-order chi connectivity index (χ1) is 14.8. The molecule has 11 heteroatoms. The summed E-state index contributed by atoms with van der Waals surface area (Å²) in [6.07, 6.45) is 5.70. The number of anilines is 2. The van der Waals surface area contributed by atoms with E-state index < -0.39 is 15.9 Å². The van der Waals surface area contributed by atoms with Gasteiger partial charge in [0, 0.05) is 31.6 Å². The van der Waals surface area contributed by atoms with Gasteiger partial charge >= 0.3 is 6.09 Å². The number of hydrogen-bond acceptors (Lipinski definition) is 7. The first-order valence-electron chi connectivity index (χ1n) is 10.1. The maximum atomic E-state index is 11.9. The van der Waals surface area contributed by atoms with Crippen molar-refractivity contribution in [2.24, 2.45) is 0 Å². The molecule has 0 radical (unpaired) electrons. The van der Waals surface area contributed by atoms with E-state index in [1.54, 1.807) is 18.3 Å². The van der Waals surface area contributed by atoms with Gasteiger partial charge in [-0.05, 0) is 43.0 Å². The molecule has 2 aliphatic rings. The summed E-state index contributed by atoms with van der Waals surface area (Å²) >= 11 is 0. The SMILES string of the molecule is CS(=O)(=O)c1ccc2c(c1)CCN2c1ncnc2c1cnn2C1CCN(C(=O)O)CC1. The first kappa shape index (κ1) is 19.7. The zero-order valence-corrected chi connectivity index (χ0v) is 17.8. The summed E-state index contributed by atoms with van der Waals surface area (Å²) in [5.41, 5.74) is 2.64. The van der Waals surface area contributed by atoms with Crippen molar-refractivity contribution in [3.05, 3.63) is 36.3 Å². The molecule has 1 fully saturated rings. The quantitative estimate of drug-likeness (QED) is 0.655. The van der Waals surface area contributed by atoms with Crippen LogP contribution in [0.1, 0.15) is 24.4 Å². The second-order valence-electron chi connectivity index (χ2n) is 7.99. The fourth-order valence-corrected chi connectivity index (χ4v) is 5.13. The summed E-state index contributed by atoms with van der Waals surface area (Å²) < 4.78 is 25.7. The minimum atomic E-state index is -3.26. The molecule has 2 aromatic heterocycles. The van der Waals surface area contributed by atoms with Crippen LogP contribution in [0.15, 0.2) is 35.6 Å². The van der Waals surface area contributed by atoms with Crippen LogP contribution in [0, 0.1) is 0 Å². The van der Waals surface area contributed by atoms with Crippen molar-refractivity contribution in [3.8, 4) is 0 Å². The Morgan fingerprint density at radius 3 is 2.65 bits per heavy atom. The van der Waals surface area contributed by atoms with Crippen molar-refractivity contribution in [2.45, 2.75) is 30.2 Å². The molecule has 0 atom stereocenters. The summed E-state index contributed by atoms with van der Waals surface area (Å²) in [5, 5.41) is 14.6. The molecule has 0 bridgehead atoms. The van der Waals surface area contributed by atoms with Crippen molar-refractivity contribution in [2.75, 3.05) is 30.8 Å². The molecule has 0 aliphatic carbocycles. The normalized spacial score (nSPS) is 17.3. The summed E-state index contributed by atoms with van der Waals surface area (Å²) in [6, 6.07) is 5.28. The first-order valence-corrected chi connectivity index (χ1v) is 12.0. The number of carbonyl (C=O) groups is 1. The van der Waals surface area contributed by atoms with E-state index >= 15 is 0 Å². The number of carboxylic acid groups (broad SMARTS) is 1. The average Bonchev–Trinajstić information content (AvgIpc) is 3.37. The Morgan fingerprint density at radius 2 is 1.94 bits per heavy atom. The lowest BCUT2D eigenvalue weighted by molar-refractivity contribution is 0.124. The second-order valence-corrected chi connectivity index (χ2v) is 10.0. The Labute approximate surface area is 179 Å². The van der Waals surface area contributed by atoms with Gasteiger partial charge < -0.3 is 14.9 Å². The number of aromatic nitrogens is 4. The number of fused-ring (bicyclic) bond motifs is 2. The van der Waals surface area contributed by atoms with E-state index in [1.807, 2.05) is 10.7 Å². The van der Waals surface area contributed by atoms with Crippen LogP contribution in [0.25, 0.3) is 11.0 Å². The summed E-state index contributed by atoms with van der Waals surface area (Å²) in [4.78, 5) is 24.0. The molecule has 31 heavy (non-hydrogen) atoms. The summed E-state index contributed by atoms with van der Waals surface area (Å²) in [5.74, 6) is 0.741. The lowest BCUT2D eigenvalue weighted by Gasteiger charge is -2.30. The zero-order chi connectivity index (χ0) is 21.8. The average molecular weight is 443 g/mol. The minimum absolute atomic E-state index is 0.0824. The van der Waals surface area contributed by atoms with Crippen LogP contribution < -0.4 is 4.90 Å². The van der Waals surface area contributed by atoms with Gasteiger partial charge in [-0.2, -0.15) is 5.10 Å². The monoisotopic (exact) mass is 442 g/mol. The highest BCUT2D eigenvalue weighted by Crippen LogP contribution is 2.38. The molecule has 1 aromatic carbocycles. The molecule has 0 spiro atoms. The van der Waals surface area contributed by atoms with E-state index in [2.05, 4.69) is 20.0 Å². The van der Waals surface area contributed by atoms with Crippen molar-refractivity contribution >= 4 is 38.5 Å². The van der Waals surface area contributed by atoms with Gasteiger partial charge in [0.25, 0.3) is 0 Å². The zero-order valence-electron chi connectivity index (χ0n) is 17.0. The van der Waals surface area contributed by atoms with Crippen LogP contribution in [-0.4, -0.2) is 70.2 Å². The lowest BCUT2D eigenvalue weighted by atomic mass is 10.1. The Balaban J connectivity index is 1.48. The van der Waals surface area contributed by atoms with Crippen LogP contribution in [0.2, 0.25) is 0 Å². The number of hydrogen-bond donors (Lipinski definition) is 1. The molecule has 5 rings (SSSR count). The van der Waals surface area contributed by atoms with E-state index in [1.165, 1.54) is 17.5 Å². The van der Waals surface area contributed by atoms with E-state index in [4.69, 9.17) is 0 Å². The van der Waals surface area contributed by atoms with Crippen LogP contribution in [0.5, 0.6) is 0 Å². The van der Waals surface area contributed by atoms with Gasteiger partial charge in [0.2, 0.25) is 0 Å². The van der Waals surface area contributed by atoms with Crippen LogP contribution in [-0.2, 0) is 16.3 Å². The third kappa shape index (κ3) is 3.38. The number of nitrogens with zero attached hydrogens (tertiary/aromatic N) is 6. The molecule has 0 unspecified atom stereocenters. The fourth-order valence-electron chi connectivity index (χ4n) is 4.46. The highest BCUT2D eigenvalue weighted by Gasteiger charge is 2.28. The van der Waals surface area contributed by atoms with Crippen molar-refractivity contribution in [1.82, 2.24) is 24.6 Å². The topological polar surface area (TPSA) is 122 Å². The van der Waals surface area contributed by atoms with E-state index in [0.717, 1.165) is 34.5 Å². The van der Waals surface area contributed by atoms with Gasteiger partial charge in [-0.3, -0.25) is 0 Å². The molecule has 10 nitrogen and oxygen atoms in total. The van der Waals surface area contributed by atoms with E-state index in [-0.39, 0.29) is 6.04 Å². The standard InChI is InChI=1S/C20H22N6O4S/c1-31(29,30)15-2-3-17-13(10-15)4-9-25(17)18-16-11-23-26(19(16)22-12-21-18)14-5-7-24(8-6-14)20(27)28/h2-3,10-12,14H,4-9H2,1H3,(H,27,28). The molecule has 3 aromatic rings. The number of sulfone groups is 1. The van der Waals surface area contributed by atoms with Crippen molar-refractivity contribution in [1.29, 1.82) is 0 Å². The van der Waals surface area contributed by atoms with Crippen molar-refractivity contribution in [3.63, 3.8) is 0 Å². The van der Waals surface area contributed by atoms with Crippen LogP contribution in [0.4, 0.5) is 16.3 Å². The molecule has 4 heterocycles. The number of likely N-dealkylation sites (tertiary alicyclic amines) is 1. The van der Waals surface area contributed by atoms with Crippen LogP contribution >= 0.6 is 0 Å². The molecular formula is C20H22N6O4S. The van der Waals surface area contributed by atoms with E-state index in [0.29, 0.717) is 37.4 Å². The molecule has 2 aliphatic heterocycles. The number of benzene rings is 1. The number of piperidine rings is 1. The third-order valence-electron chi connectivity index (χ3n) is 6.08. The molecule has 1 amide bonds. The Hall–Kier alpha value is -3.21. The number of rotatable bonds is 3. The Bertz CT molecular complexity index is 1280. The Morgan fingerprint density at radius 1 is 1.16 bits per heavy atom. The molecule has 1 N–H and O–H groups in total. The maximum Gasteiger partial charge on any atom is 0.407 e.